The van der Waals surface area contributed by atoms with Crippen LogP contribution in [0.15, 0.2) is 58.4 Å². The number of thioether (sulfide) groups is 1. The van der Waals surface area contributed by atoms with Crippen molar-refractivity contribution in [2.24, 2.45) is 4.99 Å². The second-order valence-electron chi connectivity index (χ2n) is 4.52. The van der Waals surface area contributed by atoms with Gasteiger partial charge in [0.25, 0.3) is 5.91 Å². The van der Waals surface area contributed by atoms with Crippen LogP contribution in [0.4, 0.5) is 5.69 Å². The van der Waals surface area contributed by atoms with Gasteiger partial charge in [-0.2, -0.15) is 0 Å². The molecular weight excluding hydrogens is 320 g/mol. The molecule has 0 unspecified atom stereocenters. The van der Waals surface area contributed by atoms with E-state index in [0.29, 0.717) is 20.8 Å². The number of para-hydroxylation sites is 1. The van der Waals surface area contributed by atoms with Gasteiger partial charge in [-0.3, -0.25) is 4.79 Å². The van der Waals surface area contributed by atoms with Crippen molar-refractivity contribution >= 4 is 46.2 Å². The Hall–Kier alpha value is -2.24. The lowest BCUT2D eigenvalue weighted by molar-refractivity contribution is -0.115. The molecule has 2 N–H and O–H groups in total. The number of nitrogens with one attached hydrogen (secondary N) is 1. The maximum Gasteiger partial charge on any atom is 0.264 e. The maximum absolute atomic E-state index is 12.0. The molecule has 1 heterocycles. The van der Waals surface area contributed by atoms with Crippen LogP contribution >= 0.6 is 23.4 Å². The Morgan fingerprint density at radius 3 is 2.59 bits per heavy atom. The fourth-order valence-corrected chi connectivity index (χ4v) is 2.87. The van der Waals surface area contributed by atoms with E-state index in [4.69, 9.17) is 11.6 Å². The summed E-state index contributed by atoms with van der Waals surface area (Å²) in [7, 11) is 0. The summed E-state index contributed by atoms with van der Waals surface area (Å²) in [5.41, 5.74) is 1.44. The molecule has 1 aliphatic rings. The van der Waals surface area contributed by atoms with E-state index >= 15 is 0 Å². The van der Waals surface area contributed by atoms with Gasteiger partial charge in [0.15, 0.2) is 5.17 Å². The highest BCUT2D eigenvalue weighted by atomic mass is 35.5. The third-order valence-corrected chi connectivity index (χ3v) is 4.15. The molecule has 0 atom stereocenters. The van der Waals surface area contributed by atoms with E-state index in [0.717, 1.165) is 5.56 Å². The predicted octanol–water partition coefficient (Wildman–Crippen LogP) is 3.94. The molecule has 3 rings (SSSR count). The number of aliphatic imine (C=N–C) groups is 1. The van der Waals surface area contributed by atoms with Gasteiger partial charge in [0, 0.05) is 0 Å². The number of nitrogens with zero attached hydrogens (tertiary/aromatic N) is 1. The SMILES string of the molecule is O=C1NC(=Nc2ccccc2Cl)S/C1=C/c1ccc(O)cc1. The molecule has 0 bridgehead atoms. The van der Waals surface area contributed by atoms with Crippen molar-refractivity contribution < 1.29 is 9.90 Å². The van der Waals surface area contributed by atoms with Gasteiger partial charge in [-0.1, -0.05) is 35.9 Å². The first-order valence-corrected chi connectivity index (χ1v) is 7.64. The van der Waals surface area contributed by atoms with Crippen LogP contribution in [0.3, 0.4) is 0 Å². The van der Waals surface area contributed by atoms with Gasteiger partial charge in [-0.15, -0.1) is 0 Å². The van der Waals surface area contributed by atoms with Gasteiger partial charge < -0.3 is 10.4 Å². The zero-order valence-corrected chi connectivity index (χ0v) is 12.9. The zero-order chi connectivity index (χ0) is 15.5. The van der Waals surface area contributed by atoms with E-state index in [2.05, 4.69) is 10.3 Å². The van der Waals surface area contributed by atoms with Gasteiger partial charge >= 0.3 is 0 Å². The molecule has 1 amide bonds. The Kier molecular flexibility index (Phi) is 4.18. The number of amides is 1. The molecule has 2 aromatic carbocycles. The molecule has 2 aromatic rings. The number of hydrogen-bond donors (Lipinski definition) is 2. The Bertz CT molecular complexity index is 785. The number of phenolic OH excluding ortho intramolecular Hbond substituents is 1. The molecule has 22 heavy (non-hydrogen) atoms. The average molecular weight is 331 g/mol. The Morgan fingerprint density at radius 1 is 1.14 bits per heavy atom. The van der Waals surface area contributed by atoms with E-state index in [1.807, 2.05) is 12.1 Å². The van der Waals surface area contributed by atoms with Crippen LogP contribution < -0.4 is 5.32 Å². The number of aromatic hydroxyl groups is 1. The number of halogens is 1. The second-order valence-corrected chi connectivity index (χ2v) is 5.96. The van der Waals surface area contributed by atoms with Gasteiger partial charge in [0.05, 0.1) is 15.6 Å². The highest BCUT2D eigenvalue weighted by molar-refractivity contribution is 8.18. The van der Waals surface area contributed by atoms with Crippen molar-refractivity contribution in [1.82, 2.24) is 5.32 Å². The second kappa shape index (κ2) is 6.25. The molecule has 1 fully saturated rings. The maximum atomic E-state index is 12.0. The summed E-state index contributed by atoms with van der Waals surface area (Å²) in [6, 6.07) is 13.8. The smallest absolute Gasteiger partial charge is 0.264 e. The van der Waals surface area contributed by atoms with E-state index < -0.39 is 0 Å². The largest absolute Gasteiger partial charge is 0.508 e. The van der Waals surface area contributed by atoms with Gasteiger partial charge in [-0.25, -0.2) is 4.99 Å². The number of carbonyl (C=O) groups is 1. The van der Waals surface area contributed by atoms with Crippen molar-refractivity contribution in [2.45, 2.75) is 0 Å². The van der Waals surface area contributed by atoms with Gasteiger partial charge in [0.2, 0.25) is 0 Å². The molecule has 0 aliphatic carbocycles. The quantitative estimate of drug-likeness (QED) is 0.820. The average Bonchev–Trinajstić information content (AvgIpc) is 2.84. The Balaban J connectivity index is 1.84. The zero-order valence-electron chi connectivity index (χ0n) is 11.3. The summed E-state index contributed by atoms with van der Waals surface area (Å²) in [4.78, 5) is 16.9. The van der Waals surface area contributed by atoms with E-state index in [1.54, 1.807) is 42.5 Å². The van der Waals surface area contributed by atoms with Crippen LogP contribution in [0.1, 0.15) is 5.56 Å². The van der Waals surface area contributed by atoms with Gasteiger partial charge in [-0.05, 0) is 47.7 Å². The lowest BCUT2D eigenvalue weighted by Gasteiger charge is -1.98. The van der Waals surface area contributed by atoms with E-state index in [9.17, 15) is 9.90 Å². The topological polar surface area (TPSA) is 61.7 Å². The predicted molar refractivity (Wildman–Crippen MR) is 90.4 cm³/mol. The van der Waals surface area contributed by atoms with Gasteiger partial charge in [0.1, 0.15) is 5.75 Å². The fraction of sp³-hybridized carbons (Fsp3) is 0. The summed E-state index contributed by atoms with van der Waals surface area (Å²) < 4.78 is 0. The van der Waals surface area contributed by atoms with Crippen molar-refractivity contribution in [2.75, 3.05) is 0 Å². The van der Waals surface area contributed by atoms with Crippen LogP contribution in [-0.4, -0.2) is 16.2 Å². The van der Waals surface area contributed by atoms with Crippen molar-refractivity contribution in [3.8, 4) is 5.75 Å². The van der Waals surface area contributed by atoms with Crippen molar-refractivity contribution in [3.63, 3.8) is 0 Å². The first-order valence-electron chi connectivity index (χ1n) is 6.45. The summed E-state index contributed by atoms with van der Waals surface area (Å²) in [5, 5.41) is 13.0. The fourth-order valence-electron chi connectivity index (χ4n) is 1.85. The molecule has 0 saturated carbocycles. The Labute approximate surface area is 136 Å². The molecule has 4 nitrogen and oxygen atoms in total. The number of benzene rings is 2. The number of hydrogen-bond acceptors (Lipinski definition) is 4. The van der Waals surface area contributed by atoms with E-state index in [-0.39, 0.29) is 11.7 Å². The molecule has 0 radical (unpaired) electrons. The first kappa shape index (κ1) is 14.7. The highest BCUT2D eigenvalue weighted by Gasteiger charge is 2.23. The standard InChI is InChI=1S/C16H11ClN2O2S/c17-12-3-1-2-4-13(12)18-16-19-15(21)14(22-16)9-10-5-7-11(20)8-6-10/h1-9,20H,(H,18,19,21)/b14-9+. The van der Waals surface area contributed by atoms with Crippen LogP contribution in [0.5, 0.6) is 5.75 Å². The minimum atomic E-state index is -0.205. The summed E-state index contributed by atoms with van der Waals surface area (Å²) in [6.45, 7) is 0. The lowest BCUT2D eigenvalue weighted by atomic mass is 10.2. The van der Waals surface area contributed by atoms with Crippen molar-refractivity contribution in [3.05, 3.63) is 64.0 Å². The Morgan fingerprint density at radius 2 is 1.86 bits per heavy atom. The first-order chi connectivity index (χ1) is 10.6. The number of carbonyl (C=O) groups excluding carboxylic acids is 1. The third kappa shape index (κ3) is 3.32. The molecule has 1 aliphatic heterocycles. The molecule has 1 saturated heterocycles. The molecule has 6 heteroatoms. The summed E-state index contributed by atoms with van der Waals surface area (Å²) in [5.74, 6) is -0.0180. The number of amidine groups is 1. The molecule has 0 aromatic heterocycles. The third-order valence-electron chi connectivity index (χ3n) is 2.92. The van der Waals surface area contributed by atoms with Crippen molar-refractivity contribution in [1.29, 1.82) is 0 Å². The molecule has 0 spiro atoms. The summed E-state index contributed by atoms with van der Waals surface area (Å²) >= 11 is 7.30. The summed E-state index contributed by atoms with van der Waals surface area (Å²) in [6.07, 6.45) is 1.74. The van der Waals surface area contributed by atoms with Crippen LogP contribution in [0, 0.1) is 0 Å². The number of rotatable bonds is 2. The normalized spacial score (nSPS) is 18.0. The van der Waals surface area contributed by atoms with Crippen LogP contribution in [0.25, 0.3) is 6.08 Å². The molecule has 110 valence electrons. The minimum absolute atomic E-state index is 0.187. The highest BCUT2D eigenvalue weighted by Crippen LogP contribution is 2.30. The number of phenols is 1. The lowest BCUT2D eigenvalue weighted by Crippen LogP contribution is -2.19. The van der Waals surface area contributed by atoms with Crippen LogP contribution in [0.2, 0.25) is 5.02 Å². The van der Waals surface area contributed by atoms with Crippen LogP contribution in [-0.2, 0) is 4.79 Å². The minimum Gasteiger partial charge on any atom is -0.508 e. The van der Waals surface area contributed by atoms with E-state index in [1.165, 1.54) is 11.8 Å². The molecular formula is C16H11ClN2O2S. The monoisotopic (exact) mass is 330 g/mol.